The number of urea groups is 1. The zero-order chi connectivity index (χ0) is 29.3. The Morgan fingerprint density at radius 2 is 1.60 bits per heavy atom. The van der Waals surface area contributed by atoms with Gasteiger partial charge in [-0.05, 0) is 61.8 Å². The van der Waals surface area contributed by atoms with Gasteiger partial charge in [0.2, 0.25) is 0 Å². The molecule has 2 saturated heterocycles. The Balaban J connectivity index is 1.29. The highest BCUT2D eigenvalue weighted by Crippen LogP contribution is 2.31. The first-order valence-corrected chi connectivity index (χ1v) is 14.6. The maximum atomic E-state index is 13.5. The average molecular weight is 573 g/mol. The molecule has 5 rings (SSSR count). The molecular weight excluding hydrogens is 532 g/mol. The average Bonchev–Trinajstić information content (AvgIpc) is 3.54. The summed E-state index contributed by atoms with van der Waals surface area (Å²) in [4.78, 5) is 28.7. The molecule has 9 heteroatoms. The molecule has 2 fully saturated rings. The number of carbonyl (C=O) groups is 2. The molecule has 0 aromatic heterocycles. The van der Waals surface area contributed by atoms with E-state index in [1.807, 2.05) is 12.1 Å². The standard InChI is InChI=1S/C33H40N4O5/c1-40-28-18-26(19-29(21-28)41-2)36-33(39)35-25-10-11-31(30(20-25)32(38)34-22-27-9-6-16-42-27)37-14-12-24(13-15-37)17-23-7-4-3-5-8-23/h3-5,7-8,10-11,18-21,24,27H,6,9,12-17,22H2,1-2H3,(H,34,38)(H2,35,36,39)/t27-/m0/s1. The van der Waals surface area contributed by atoms with E-state index in [9.17, 15) is 9.59 Å². The summed E-state index contributed by atoms with van der Waals surface area (Å²) in [6, 6.07) is 20.8. The minimum absolute atomic E-state index is 0.0399. The first kappa shape index (κ1) is 29.3. The summed E-state index contributed by atoms with van der Waals surface area (Å²) in [5.41, 5.74) is 3.82. The van der Waals surface area contributed by atoms with Gasteiger partial charge in [0.15, 0.2) is 0 Å². The highest BCUT2D eigenvalue weighted by Gasteiger charge is 2.25. The van der Waals surface area contributed by atoms with Gasteiger partial charge in [0.25, 0.3) is 5.91 Å². The van der Waals surface area contributed by atoms with Crippen LogP contribution in [-0.2, 0) is 11.2 Å². The van der Waals surface area contributed by atoms with Crippen LogP contribution in [0.3, 0.4) is 0 Å². The number of hydrogen-bond donors (Lipinski definition) is 3. The van der Waals surface area contributed by atoms with Crippen LogP contribution in [0.1, 0.15) is 41.6 Å². The molecule has 42 heavy (non-hydrogen) atoms. The maximum absolute atomic E-state index is 13.5. The van der Waals surface area contributed by atoms with E-state index in [4.69, 9.17) is 14.2 Å². The van der Waals surface area contributed by atoms with Gasteiger partial charge in [-0.25, -0.2) is 4.79 Å². The van der Waals surface area contributed by atoms with Gasteiger partial charge < -0.3 is 35.1 Å². The predicted octanol–water partition coefficient (Wildman–Crippen LogP) is 5.72. The van der Waals surface area contributed by atoms with E-state index in [0.717, 1.165) is 57.5 Å². The molecule has 0 aliphatic carbocycles. The van der Waals surface area contributed by atoms with Crippen LogP contribution in [-0.4, -0.2) is 58.5 Å². The van der Waals surface area contributed by atoms with Crippen molar-refractivity contribution in [1.29, 1.82) is 0 Å². The summed E-state index contributed by atoms with van der Waals surface area (Å²) < 4.78 is 16.3. The number of methoxy groups -OCH3 is 2. The van der Waals surface area contributed by atoms with Crippen LogP contribution in [0.4, 0.5) is 21.9 Å². The van der Waals surface area contributed by atoms with Crippen LogP contribution in [0.15, 0.2) is 66.7 Å². The lowest BCUT2D eigenvalue weighted by atomic mass is 9.89. The molecule has 0 unspecified atom stereocenters. The van der Waals surface area contributed by atoms with Gasteiger partial charge in [-0.15, -0.1) is 0 Å². The molecule has 222 valence electrons. The van der Waals surface area contributed by atoms with E-state index < -0.39 is 6.03 Å². The summed E-state index contributed by atoms with van der Waals surface area (Å²) in [7, 11) is 3.11. The lowest BCUT2D eigenvalue weighted by Crippen LogP contribution is -2.37. The first-order valence-electron chi connectivity index (χ1n) is 14.6. The quantitative estimate of drug-likeness (QED) is 0.288. The van der Waals surface area contributed by atoms with Crippen LogP contribution in [0.5, 0.6) is 11.5 Å². The topological polar surface area (TPSA) is 101 Å². The fourth-order valence-corrected chi connectivity index (χ4v) is 5.68. The van der Waals surface area contributed by atoms with Crippen molar-refractivity contribution in [3.8, 4) is 11.5 Å². The van der Waals surface area contributed by atoms with Gasteiger partial charge >= 0.3 is 6.03 Å². The molecule has 3 N–H and O–H groups in total. The third-order valence-electron chi connectivity index (χ3n) is 7.95. The second-order valence-electron chi connectivity index (χ2n) is 10.9. The number of rotatable bonds is 10. The summed E-state index contributed by atoms with van der Waals surface area (Å²) >= 11 is 0. The third kappa shape index (κ3) is 7.73. The number of amides is 3. The monoisotopic (exact) mass is 572 g/mol. The van der Waals surface area contributed by atoms with Crippen LogP contribution in [0.2, 0.25) is 0 Å². The van der Waals surface area contributed by atoms with Gasteiger partial charge in [-0.1, -0.05) is 30.3 Å². The molecule has 2 aliphatic heterocycles. The number of nitrogens with one attached hydrogen (secondary N) is 3. The molecule has 2 aliphatic rings. The van der Waals surface area contributed by atoms with Crippen molar-refractivity contribution >= 4 is 29.0 Å². The number of hydrogen-bond acceptors (Lipinski definition) is 6. The van der Waals surface area contributed by atoms with Crippen molar-refractivity contribution in [2.75, 3.05) is 56.0 Å². The number of carbonyl (C=O) groups excluding carboxylic acids is 2. The molecule has 1 atom stereocenters. The van der Waals surface area contributed by atoms with Gasteiger partial charge in [-0.2, -0.15) is 0 Å². The van der Waals surface area contributed by atoms with Crippen molar-refractivity contribution in [1.82, 2.24) is 5.32 Å². The molecule has 9 nitrogen and oxygen atoms in total. The molecule has 2 heterocycles. The second kappa shape index (κ2) is 14.1. The number of benzene rings is 3. The van der Waals surface area contributed by atoms with Crippen LogP contribution >= 0.6 is 0 Å². The SMILES string of the molecule is COc1cc(NC(=O)Nc2ccc(N3CCC(Cc4ccccc4)CC3)c(C(=O)NC[C@@H]3CCCO3)c2)cc(OC)c1. The van der Waals surface area contributed by atoms with Gasteiger partial charge in [0.05, 0.1) is 25.9 Å². The van der Waals surface area contributed by atoms with Crippen LogP contribution < -0.4 is 30.3 Å². The fourth-order valence-electron chi connectivity index (χ4n) is 5.68. The van der Waals surface area contributed by atoms with Gasteiger partial charge in [0, 0.05) is 61.5 Å². The molecule has 0 radical (unpaired) electrons. The van der Waals surface area contributed by atoms with Crippen molar-refractivity contribution in [3.63, 3.8) is 0 Å². The Morgan fingerprint density at radius 1 is 0.881 bits per heavy atom. The molecule has 3 aromatic rings. The summed E-state index contributed by atoms with van der Waals surface area (Å²) in [6.45, 7) is 2.94. The molecule has 3 aromatic carbocycles. The zero-order valence-corrected chi connectivity index (χ0v) is 24.4. The first-order chi connectivity index (χ1) is 20.5. The largest absolute Gasteiger partial charge is 0.497 e. The van der Waals surface area contributed by atoms with Crippen molar-refractivity contribution in [3.05, 3.63) is 77.9 Å². The van der Waals surface area contributed by atoms with Crippen molar-refractivity contribution in [2.24, 2.45) is 5.92 Å². The van der Waals surface area contributed by atoms with Crippen molar-refractivity contribution < 1.29 is 23.8 Å². The fraction of sp³-hybridized carbons (Fsp3) is 0.394. The van der Waals surface area contributed by atoms with E-state index in [1.54, 1.807) is 38.5 Å². The summed E-state index contributed by atoms with van der Waals surface area (Å²) in [5.74, 6) is 1.56. The number of anilines is 3. The van der Waals surface area contributed by atoms with E-state index in [1.165, 1.54) is 5.56 Å². The Hall–Kier alpha value is -4.24. The molecule has 3 amide bonds. The third-order valence-corrected chi connectivity index (χ3v) is 7.95. The Bertz CT molecular complexity index is 1330. The highest BCUT2D eigenvalue weighted by atomic mass is 16.5. The summed E-state index contributed by atoms with van der Waals surface area (Å²) in [5, 5.41) is 8.74. The highest BCUT2D eigenvalue weighted by molar-refractivity contribution is 6.04. The normalized spacial score (nSPS) is 17.0. The summed E-state index contributed by atoms with van der Waals surface area (Å²) in [6.07, 6.45) is 5.17. The second-order valence-corrected chi connectivity index (χ2v) is 10.9. The zero-order valence-electron chi connectivity index (χ0n) is 24.4. The Morgan fingerprint density at radius 3 is 2.26 bits per heavy atom. The smallest absolute Gasteiger partial charge is 0.323 e. The Labute approximate surface area is 247 Å². The van der Waals surface area contributed by atoms with E-state index >= 15 is 0 Å². The number of ether oxygens (including phenoxy) is 3. The minimum atomic E-state index is -0.439. The molecule has 0 spiro atoms. The van der Waals surface area contributed by atoms with E-state index in [-0.39, 0.29) is 12.0 Å². The van der Waals surface area contributed by atoms with Crippen molar-refractivity contribution in [2.45, 2.75) is 38.2 Å². The molecule has 0 saturated carbocycles. The number of nitrogens with zero attached hydrogens (tertiary/aromatic N) is 1. The van der Waals surface area contributed by atoms with Gasteiger partial charge in [-0.3, -0.25) is 4.79 Å². The van der Waals surface area contributed by atoms with Crippen LogP contribution in [0.25, 0.3) is 0 Å². The maximum Gasteiger partial charge on any atom is 0.323 e. The molecule has 0 bridgehead atoms. The number of piperidine rings is 1. The van der Waals surface area contributed by atoms with Crippen LogP contribution in [0, 0.1) is 5.92 Å². The Kier molecular flexibility index (Phi) is 9.82. The lowest BCUT2D eigenvalue weighted by Gasteiger charge is -2.35. The molecular formula is C33H40N4O5. The van der Waals surface area contributed by atoms with E-state index in [0.29, 0.717) is 40.9 Å². The minimum Gasteiger partial charge on any atom is -0.497 e. The van der Waals surface area contributed by atoms with Gasteiger partial charge in [0.1, 0.15) is 11.5 Å². The van der Waals surface area contributed by atoms with E-state index in [2.05, 4.69) is 51.2 Å². The lowest BCUT2D eigenvalue weighted by molar-refractivity contribution is 0.0858. The predicted molar refractivity (Wildman–Crippen MR) is 165 cm³/mol.